The van der Waals surface area contributed by atoms with Gasteiger partial charge in [0.05, 0.1) is 12.1 Å². The molecule has 0 N–H and O–H groups in total. The molecule has 0 saturated heterocycles. The van der Waals surface area contributed by atoms with E-state index in [2.05, 4.69) is 9.97 Å². The van der Waals surface area contributed by atoms with E-state index in [-0.39, 0.29) is 12.4 Å². The van der Waals surface area contributed by atoms with Crippen LogP contribution in [0.3, 0.4) is 0 Å². The van der Waals surface area contributed by atoms with Crippen LogP contribution < -0.4 is 0 Å². The molecule has 0 spiro atoms. The third kappa shape index (κ3) is 3.22. The van der Waals surface area contributed by atoms with E-state index in [1.165, 1.54) is 13.4 Å². The van der Waals surface area contributed by atoms with E-state index < -0.39 is 0 Å². The molecule has 0 aliphatic rings. The Balaban J connectivity index is 2.62. The van der Waals surface area contributed by atoms with Crippen molar-refractivity contribution in [2.45, 2.75) is 19.8 Å². The molecule has 0 saturated carbocycles. The third-order valence-corrected chi connectivity index (χ3v) is 1.83. The van der Waals surface area contributed by atoms with Crippen LogP contribution in [0, 0.1) is 0 Å². The largest absolute Gasteiger partial charge is 0.377 e. The molecule has 1 heterocycles. The van der Waals surface area contributed by atoms with E-state index in [0.717, 1.165) is 17.8 Å². The number of aromatic nitrogens is 2. The first kappa shape index (κ1) is 10.8. The normalized spacial score (nSPS) is 10.1. The van der Waals surface area contributed by atoms with Crippen LogP contribution in [0.5, 0.6) is 0 Å². The zero-order valence-corrected chi connectivity index (χ0v) is 8.49. The minimum absolute atomic E-state index is 0.0354. The zero-order valence-electron chi connectivity index (χ0n) is 8.49. The van der Waals surface area contributed by atoms with Crippen molar-refractivity contribution >= 4 is 5.78 Å². The number of Topliss-reactive ketones (excluding diaryl/α,β-unsaturated/α-hetero) is 1. The lowest BCUT2D eigenvalue weighted by atomic mass is 10.2. The van der Waals surface area contributed by atoms with Gasteiger partial charge in [-0.3, -0.25) is 4.79 Å². The Morgan fingerprint density at radius 3 is 2.79 bits per heavy atom. The second-order valence-electron chi connectivity index (χ2n) is 3.00. The highest BCUT2D eigenvalue weighted by Gasteiger charge is 2.04. The van der Waals surface area contributed by atoms with Gasteiger partial charge >= 0.3 is 0 Å². The maximum absolute atomic E-state index is 11.2. The van der Waals surface area contributed by atoms with Crippen molar-refractivity contribution in [1.82, 2.24) is 9.97 Å². The standard InChI is InChI=1S/C10H14N2O2/c1-3-8-4-9(12-7-11-8)5-10(13)6-14-2/h4,7H,3,5-6H2,1-2H3. The van der Waals surface area contributed by atoms with Gasteiger partial charge < -0.3 is 4.74 Å². The van der Waals surface area contributed by atoms with Gasteiger partial charge in [-0.25, -0.2) is 9.97 Å². The number of rotatable bonds is 5. The molecule has 76 valence electrons. The predicted octanol–water partition coefficient (Wildman–Crippen LogP) is 0.797. The second kappa shape index (κ2) is 5.44. The lowest BCUT2D eigenvalue weighted by Gasteiger charge is -2.00. The summed E-state index contributed by atoms with van der Waals surface area (Å²) >= 11 is 0. The van der Waals surface area contributed by atoms with Crippen LogP contribution in [0.15, 0.2) is 12.4 Å². The quantitative estimate of drug-likeness (QED) is 0.695. The molecule has 4 heteroatoms. The van der Waals surface area contributed by atoms with Crippen LogP contribution in [-0.2, 0) is 22.4 Å². The lowest BCUT2D eigenvalue weighted by molar-refractivity contribution is -0.122. The van der Waals surface area contributed by atoms with Crippen LogP contribution in [0.4, 0.5) is 0 Å². The first-order chi connectivity index (χ1) is 6.76. The van der Waals surface area contributed by atoms with Gasteiger partial charge in [-0.1, -0.05) is 6.92 Å². The molecule has 14 heavy (non-hydrogen) atoms. The summed E-state index contributed by atoms with van der Waals surface area (Å²) in [6.07, 6.45) is 2.67. The highest BCUT2D eigenvalue weighted by atomic mass is 16.5. The fourth-order valence-corrected chi connectivity index (χ4v) is 1.15. The molecule has 0 atom stereocenters. The van der Waals surface area contributed by atoms with Crippen LogP contribution in [-0.4, -0.2) is 29.5 Å². The smallest absolute Gasteiger partial charge is 0.164 e. The van der Waals surface area contributed by atoms with Crippen molar-refractivity contribution < 1.29 is 9.53 Å². The molecule has 1 aromatic rings. The van der Waals surface area contributed by atoms with Crippen molar-refractivity contribution in [3.8, 4) is 0 Å². The first-order valence-corrected chi connectivity index (χ1v) is 4.56. The summed E-state index contributed by atoms with van der Waals surface area (Å²) in [4.78, 5) is 19.3. The Labute approximate surface area is 83.3 Å². The molecule has 0 bridgehead atoms. The van der Waals surface area contributed by atoms with Crippen LogP contribution in [0.2, 0.25) is 0 Å². The molecule has 0 radical (unpaired) electrons. The van der Waals surface area contributed by atoms with Gasteiger partial charge in [0, 0.05) is 12.8 Å². The molecule has 0 aliphatic heterocycles. The Kier molecular flexibility index (Phi) is 4.19. The Hall–Kier alpha value is -1.29. The summed E-state index contributed by atoms with van der Waals surface area (Å²) in [6, 6.07) is 1.85. The van der Waals surface area contributed by atoms with Gasteiger partial charge in [0.15, 0.2) is 5.78 Å². The molecule has 0 fully saturated rings. The van der Waals surface area contributed by atoms with Crippen LogP contribution in [0.25, 0.3) is 0 Å². The SMILES string of the molecule is CCc1cc(CC(=O)COC)ncn1. The van der Waals surface area contributed by atoms with Crippen molar-refractivity contribution in [3.63, 3.8) is 0 Å². The highest BCUT2D eigenvalue weighted by Crippen LogP contribution is 2.00. The van der Waals surface area contributed by atoms with Crippen LogP contribution in [0.1, 0.15) is 18.3 Å². The van der Waals surface area contributed by atoms with Crippen molar-refractivity contribution in [2.75, 3.05) is 13.7 Å². The first-order valence-electron chi connectivity index (χ1n) is 4.56. The summed E-state index contributed by atoms with van der Waals surface area (Å²) in [5.41, 5.74) is 1.72. The monoisotopic (exact) mass is 194 g/mol. The Morgan fingerprint density at radius 2 is 2.14 bits per heavy atom. The summed E-state index contributed by atoms with van der Waals surface area (Å²) in [6.45, 7) is 2.16. The van der Waals surface area contributed by atoms with Gasteiger partial charge in [0.1, 0.15) is 12.9 Å². The summed E-state index contributed by atoms with van der Waals surface area (Å²) in [5, 5.41) is 0. The summed E-state index contributed by atoms with van der Waals surface area (Å²) < 4.78 is 4.74. The van der Waals surface area contributed by atoms with Gasteiger partial charge in [0.2, 0.25) is 0 Å². The number of ketones is 1. The van der Waals surface area contributed by atoms with E-state index >= 15 is 0 Å². The second-order valence-corrected chi connectivity index (χ2v) is 3.00. The number of methoxy groups -OCH3 is 1. The minimum Gasteiger partial charge on any atom is -0.377 e. The van der Waals surface area contributed by atoms with Crippen molar-refractivity contribution in [1.29, 1.82) is 0 Å². The molecule has 1 rings (SSSR count). The minimum atomic E-state index is 0.0354. The molecule has 4 nitrogen and oxygen atoms in total. The number of carbonyl (C=O) groups is 1. The van der Waals surface area contributed by atoms with Crippen LogP contribution >= 0.6 is 0 Å². The fraction of sp³-hybridized carbons (Fsp3) is 0.500. The third-order valence-electron chi connectivity index (χ3n) is 1.83. The lowest BCUT2D eigenvalue weighted by Crippen LogP contribution is -2.11. The number of hydrogen-bond donors (Lipinski definition) is 0. The van der Waals surface area contributed by atoms with Crippen molar-refractivity contribution in [3.05, 3.63) is 23.8 Å². The molecule has 0 amide bonds. The number of aryl methyl sites for hydroxylation is 1. The number of ether oxygens (including phenoxy) is 1. The van der Waals surface area contributed by atoms with Gasteiger partial charge in [-0.2, -0.15) is 0 Å². The van der Waals surface area contributed by atoms with E-state index in [1.807, 2.05) is 13.0 Å². The molecule has 0 aliphatic carbocycles. The van der Waals surface area contributed by atoms with Gasteiger partial charge in [-0.05, 0) is 12.5 Å². The van der Waals surface area contributed by atoms with Gasteiger partial charge in [-0.15, -0.1) is 0 Å². The molecular weight excluding hydrogens is 180 g/mol. The van der Waals surface area contributed by atoms with E-state index in [4.69, 9.17) is 4.74 Å². The predicted molar refractivity (Wildman–Crippen MR) is 52.0 cm³/mol. The summed E-state index contributed by atoms with van der Waals surface area (Å²) in [7, 11) is 1.51. The Bertz CT molecular complexity index is 313. The maximum atomic E-state index is 11.2. The topological polar surface area (TPSA) is 52.1 Å². The number of carbonyl (C=O) groups excluding carboxylic acids is 1. The highest BCUT2D eigenvalue weighted by molar-refractivity contribution is 5.81. The number of nitrogens with zero attached hydrogens (tertiary/aromatic N) is 2. The van der Waals surface area contributed by atoms with E-state index in [0.29, 0.717) is 6.42 Å². The van der Waals surface area contributed by atoms with E-state index in [9.17, 15) is 4.79 Å². The fourth-order valence-electron chi connectivity index (χ4n) is 1.15. The molecular formula is C10H14N2O2. The number of hydrogen-bond acceptors (Lipinski definition) is 4. The molecule has 0 unspecified atom stereocenters. The Morgan fingerprint density at radius 1 is 1.43 bits per heavy atom. The van der Waals surface area contributed by atoms with E-state index in [1.54, 1.807) is 0 Å². The molecule has 1 aromatic heterocycles. The maximum Gasteiger partial charge on any atom is 0.164 e. The summed E-state index contributed by atoms with van der Waals surface area (Å²) in [5.74, 6) is 0.0354. The van der Waals surface area contributed by atoms with Crippen molar-refractivity contribution in [2.24, 2.45) is 0 Å². The average Bonchev–Trinajstić information content (AvgIpc) is 2.18. The molecule has 0 aromatic carbocycles. The zero-order chi connectivity index (χ0) is 10.4. The van der Waals surface area contributed by atoms with Gasteiger partial charge in [0.25, 0.3) is 0 Å². The average molecular weight is 194 g/mol.